The van der Waals surface area contributed by atoms with Crippen molar-refractivity contribution in [2.75, 3.05) is 0 Å². The van der Waals surface area contributed by atoms with Gasteiger partial charge in [-0.2, -0.15) is 0 Å². The minimum absolute atomic E-state index is 0.0114. The predicted octanol–water partition coefficient (Wildman–Crippen LogP) is 2.46. The van der Waals surface area contributed by atoms with E-state index in [1.54, 1.807) is 36.4 Å². The summed E-state index contributed by atoms with van der Waals surface area (Å²) in [5.74, 6) is 0.119. The van der Waals surface area contributed by atoms with Crippen LogP contribution in [0.2, 0.25) is 0 Å². The second-order valence-electron chi connectivity index (χ2n) is 7.02. The molecule has 3 aromatic rings. The average molecular weight is 396 g/mol. The van der Waals surface area contributed by atoms with Crippen LogP contribution in [0.25, 0.3) is 0 Å². The lowest BCUT2D eigenvalue weighted by atomic mass is 9.94. The molecular formula is C23H24O6. The molecule has 3 rings (SSSR count). The minimum atomic E-state index is -0.290. The van der Waals surface area contributed by atoms with E-state index in [-0.39, 0.29) is 37.1 Å². The molecule has 6 N–H and O–H groups in total. The van der Waals surface area contributed by atoms with Gasteiger partial charge in [0.2, 0.25) is 0 Å². The zero-order valence-electron chi connectivity index (χ0n) is 15.8. The quantitative estimate of drug-likeness (QED) is 0.365. The van der Waals surface area contributed by atoms with E-state index in [0.717, 1.165) is 11.1 Å². The van der Waals surface area contributed by atoms with Crippen molar-refractivity contribution in [1.82, 2.24) is 0 Å². The number of phenols is 3. The van der Waals surface area contributed by atoms with Gasteiger partial charge in [0.1, 0.15) is 17.2 Å². The number of aromatic hydroxyl groups is 3. The van der Waals surface area contributed by atoms with Crippen LogP contribution in [0, 0.1) is 0 Å². The molecule has 0 heterocycles. The van der Waals surface area contributed by atoms with Crippen molar-refractivity contribution < 1.29 is 30.6 Å². The highest BCUT2D eigenvalue weighted by atomic mass is 16.3. The van der Waals surface area contributed by atoms with Crippen molar-refractivity contribution in [2.45, 2.75) is 32.7 Å². The topological polar surface area (TPSA) is 121 Å². The second kappa shape index (κ2) is 8.96. The summed E-state index contributed by atoms with van der Waals surface area (Å²) < 4.78 is 0. The molecule has 0 aromatic heterocycles. The van der Waals surface area contributed by atoms with Crippen molar-refractivity contribution in [3.8, 4) is 17.2 Å². The van der Waals surface area contributed by atoms with Gasteiger partial charge in [-0.15, -0.1) is 0 Å². The third kappa shape index (κ3) is 4.68. The summed E-state index contributed by atoms with van der Waals surface area (Å²) in [7, 11) is 0. The van der Waals surface area contributed by atoms with Gasteiger partial charge in [-0.3, -0.25) is 0 Å². The third-order valence-electron chi connectivity index (χ3n) is 4.93. The summed E-state index contributed by atoms with van der Waals surface area (Å²) in [4.78, 5) is 0. The predicted molar refractivity (Wildman–Crippen MR) is 108 cm³/mol. The van der Waals surface area contributed by atoms with Crippen molar-refractivity contribution in [3.05, 3.63) is 87.5 Å². The Morgan fingerprint density at radius 3 is 1.28 bits per heavy atom. The van der Waals surface area contributed by atoms with Gasteiger partial charge in [0.05, 0.1) is 19.8 Å². The Labute approximate surface area is 168 Å². The van der Waals surface area contributed by atoms with Crippen LogP contribution in [0.15, 0.2) is 48.5 Å². The number of aliphatic hydroxyl groups excluding tert-OH is 3. The van der Waals surface area contributed by atoms with Gasteiger partial charge in [-0.25, -0.2) is 0 Å². The van der Waals surface area contributed by atoms with E-state index in [1.165, 1.54) is 12.1 Å². The maximum absolute atomic E-state index is 10.8. The van der Waals surface area contributed by atoms with E-state index >= 15 is 0 Å². The van der Waals surface area contributed by atoms with Crippen LogP contribution >= 0.6 is 0 Å². The number of aliphatic hydroxyl groups is 3. The average Bonchev–Trinajstić information content (AvgIpc) is 2.73. The van der Waals surface area contributed by atoms with Crippen LogP contribution in [0.3, 0.4) is 0 Å². The van der Waals surface area contributed by atoms with E-state index in [0.29, 0.717) is 40.7 Å². The van der Waals surface area contributed by atoms with E-state index in [4.69, 9.17) is 0 Å². The highest BCUT2D eigenvalue weighted by molar-refractivity contribution is 5.49. The van der Waals surface area contributed by atoms with Crippen molar-refractivity contribution in [3.63, 3.8) is 0 Å². The maximum Gasteiger partial charge on any atom is 0.122 e. The number of hydrogen-bond acceptors (Lipinski definition) is 6. The first-order chi connectivity index (χ1) is 13.9. The van der Waals surface area contributed by atoms with Gasteiger partial charge in [0.15, 0.2) is 0 Å². The van der Waals surface area contributed by atoms with Crippen LogP contribution < -0.4 is 0 Å². The van der Waals surface area contributed by atoms with Gasteiger partial charge in [-0.05, 0) is 64.2 Å². The van der Waals surface area contributed by atoms with Crippen LogP contribution in [0.4, 0.5) is 0 Å². The Balaban J connectivity index is 1.95. The standard InChI is InChI=1S/C23H24O6/c24-11-16-9-17(5-14-1-3-21(27)19(7-14)12-25)23(29)18(10-16)6-15-2-4-22(28)20(8-15)13-26/h1-4,7-10,24-29H,5-6,11-13H2. The smallest absolute Gasteiger partial charge is 0.122 e. The van der Waals surface area contributed by atoms with E-state index in [1.807, 2.05) is 0 Å². The largest absolute Gasteiger partial charge is 0.508 e. The van der Waals surface area contributed by atoms with Gasteiger partial charge < -0.3 is 30.6 Å². The molecule has 0 spiro atoms. The molecule has 0 saturated carbocycles. The normalized spacial score (nSPS) is 11.0. The molecule has 0 aliphatic heterocycles. The third-order valence-corrected chi connectivity index (χ3v) is 4.93. The molecule has 6 nitrogen and oxygen atoms in total. The minimum Gasteiger partial charge on any atom is -0.508 e. The molecule has 0 aliphatic rings. The van der Waals surface area contributed by atoms with Crippen molar-refractivity contribution in [1.29, 1.82) is 0 Å². The van der Waals surface area contributed by atoms with Crippen molar-refractivity contribution >= 4 is 0 Å². The molecule has 0 saturated heterocycles. The van der Waals surface area contributed by atoms with E-state index in [9.17, 15) is 30.6 Å². The molecule has 29 heavy (non-hydrogen) atoms. The SMILES string of the molecule is OCc1cc(Cc2ccc(O)c(CO)c2)c(O)c(Cc2ccc(O)c(CO)c2)c1. The molecule has 0 atom stereocenters. The number of benzene rings is 3. The molecule has 6 heteroatoms. The first-order valence-corrected chi connectivity index (χ1v) is 9.23. The Bertz CT molecular complexity index is 936. The fraction of sp³-hybridized carbons (Fsp3) is 0.217. The zero-order valence-corrected chi connectivity index (χ0v) is 15.8. The molecule has 0 radical (unpaired) electrons. The molecular weight excluding hydrogens is 372 g/mol. The maximum atomic E-state index is 10.8. The summed E-state index contributed by atoms with van der Waals surface area (Å²) in [5, 5.41) is 58.6. The molecule has 0 fully saturated rings. The molecule has 0 unspecified atom stereocenters. The van der Waals surface area contributed by atoms with Gasteiger partial charge in [0, 0.05) is 24.0 Å². The van der Waals surface area contributed by atoms with Crippen LogP contribution in [-0.4, -0.2) is 30.6 Å². The van der Waals surface area contributed by atoms with Crippen LogP contribution in [0.5, 0.6) is 17.2 Å². The fourth-order valence-corrected chi connectivity index (χ4v) is 3.38. The first-order valence-electron chi connectivity index (χ1n) is 9.23. The summed E-state index contributed by atoms with van der Waals surface area (Å²) in [6, 6.07) is 13.2. The van der Waals surface area contributed by atoms with E-state index in [2.05, 4.69) is 0 Å². The summed E-state index contributed by atoms with van der Waals surface area (Å²) >= 11 is 0. The lowest BCUT2D eigenvalue weighted by Crippen LogP contribution is -1.99. The number of rotatable bonds is 7. The zero-order chi connectivity index (χ0) is 21.0. The number of phenolic OH excluding ortho intramolecular Hbond substituents is 1. The fourth-order valence-electron chi connectivity index (χ4n) is 3.38. The van der Waals surface area contributed by atoms with Gasteiger partial charge in [-0.1, -0.05) is 12.1 Å². The van der Waals surface area contributed by atoms with E-state index < -0.39 is 0 Å². The molecule has 0 bridgehead atoms. The van der Waals surface area contributed by atoms with Crippen LogP contribution in [-0.2, 0) is 32.7 Å². The van der Waals surface area contributed by atoms with Crippen molar-refractivity contribution in [2.24, 2.45) is 0 Å². The lowest BCUT2D eigenvalue weighted by molar-refractivity contribution is 0.275. The Morgan fingerprint density at radius 1 is 0.483 bits per heavy atom. The highest BCUT2D eigenvalue weighted by Gasteiger charge is 2.13. The number of hydrogen-bond donors (Lipinski definition) is 6. The van der Waals surface area contributed by atoms with Gasteiger partial charge >= 0.3 is 0 Å². The first kappa shape index (κ1) is 20.7. The summed E-state index contributed by atoms with van der Waals surface area (Å²) in [5.41, 5.74) is 4.28. The molecule has 0 aliphatic carbocycles. The Hall–Kier alpha value is -3.06. The molecule has 0 amide bonds. The van der Waals surface area contributed by atoms with Crippen LogP contribution in [0.1, 0.15) is 38.9 Å². The molecule has 152 valence electrons. The Kier molecular flexibility index (Phi) is 6.39. The Morgan fingerprint density at radius 2 is 0.897 bits per heavy atom. The monoisotopic (exact) mass is 396 g/mol. The highest BCUT2D eigenvalue weighted by Crippen LogP contribution is 2.31. The van der Waals surface area contributed by atoms with Gasteiger partial charge in [0.25, 0.3) is 0 Å². The second-order valence-corrected chi connectivity index (χ2v) is 7.02. The lowest BCUT2D eigenvalue weighted by Gasteiger charge is -2.14. The summed E-state index contributed by atoms with van der Waals surface area (Å²) in [6.45, 7) is -0.765. The summed E-state index contributed by atoms with van der Waals surface area (Å²) in [6.07, 6.45) is 0.717. The molecule has 3 aromatic carbocycles.